The molecular formula is C59H100N2O48. The summed E-state index contributed by atoms with van der Waals surface area (Å²) in [6.07, 6.45) is -92.4. The Kier molecular flexibility index (Phi) is 33.6. The van der Waals surface area contributed by atoms with E-state index in [1.54, 1.807) is 0 Å². The number of hydrogen-bond acceptors (Lipinski definition) is 46. The summed E-state index contributed by atoms with van der Waals surface area (Å²) in [5.41, 5.74) is 0. The smallest absolute Gasteiger partial charge is 0.364 e. The van der Waals surface area contributed by atoms with Crippen molar-refractivity contribution in [3.8, 4) is 0 Å². The van der Waals surface area contributed by atoms with E-state index in [0.717, 1.165) is 13.8 Å². The fourth-order valence-electron chi connectivity index (χ4n) is 13.2. The van der Waals surface area contributed by atoms with E-state index < -0.39 is 353 Å². The molecule has 109 heavy (non-hydrogen) atoms. The highest BCUT2D eigenvalue weighted by molar-refractivity contribution is 5.77. The molecule has 0 unspecified atom stereocenters. The van der Waals surface area contributed by atoms with Gasteiger partial charge in [0.2, 0.25) is 11.8 Å². The maximum absolute atomic E-state index is 14.0. The standard InChI is InChI=1S/C59H100N2O48/c1-14(68)60-16(5-62)28(77)29(78)22(75)11-96-51-27(61-15(2)69)33(82)32(81)26(100-51)13-98-58(56(92)93)4-24(107-59(57(94)95)3-17(70)30(79)46(108-59)20(73)8-65)48(47(109-58)21(74)9-66)104-54-41(90)49(39(88)44(102-54)19(72)7-64)106-55-42(91)50(105-53-38(87)34(83)31(80)25(10-67)99-53)40(89)45(103-55)23(76)12-97-52-37(86)35(84)36(85)43(101-52)18(71)6-63/h16-55,62-67,70-91H,3-13H2,1-2H3,(H,60,68)(H,61,69)(H,92,93)(H,94,95)/t16-,17+,18-,19-,20+,21+,22+,23-,24+,25+,26+,27+,28+,29+,30+,31+,32+,33+,34-,35-,36-,37-,38+,39+,40+,41-,42-,43+,44+,45+,46+,47+,48+,49-,50-,51+,52-,53+,54+,55+,58+,59+/m0/s1. The molecule has 50 heteroatoms. The molecule has 7 rings (SSSR count). The number of carbonyl (C=O) groups excluding carboxylic acids is 2. The highest BCUT2D eigenvalue weighted by atomic mass is 16.8. The van der Waals surface area contributed by atoms with Crippen molar-refractivity contribution in [1.82, 2.24) is 10.6 Å². The number of amides is 2. The Hall–Kier alpha value is -3.80. The predicted molar refractivity (Wildman–Crippen MR) is 330 cm³/mol. The van der Waals surface area contributed by atoms with E-state index in [2.05, 4.69) is 10.6 Å². The number of ether oxygens (including phenoxy) is 14. The quantitative estimate of drug-likeness (QED) is 0.0280. The average Bonchev–Trinajstić information content (AvgIpc) is 0.750. The van der Waals surface area contributed by atoms with Crippen LogP contribution in [-0.4, -0.2) is 493 Å². The van der Waals surface area contributed by atoms with E-state index in [4.69, 9.17) is 66.3 Å². The van der Waals surface area contributed by atoms with Gasteiger partial charge in [0.1, 0.15) is 195 Å². The summed E-state index contributed by atoms with van der Waals surface area (Å²) in [5.74, 6) is -13.6. The third-order valence-electron chi connectivity index (χ3n) is 19.3. The van der Waals surface area contributed by atoms with Crippen molar-refractivity contribution in [2.45, 2.75) is 283 Å². The van der Waals surface area contributed by atoms with Gasteiger partial charge in [0, 0.05) is 26.7 Å². The van der Waals surface area contributed by atoms with Crippen LogP contribution in [0.4, 0.5) is 0 Å². The number of aliphatic carboxylic acids is 2. The van der Waals surface area contributed by atoms with Gasteiger partial charge < -0.3 is 230 Å². The summed E-state index contributed by atoms with van der Waals surface area (Å²) in [7, 11) is 0. The minimum Gasteiger partial charge on any atom is -0.477 e. The van der Waals surface area contributed by atoms with E-state index in [-0.39, 0.29) is 0 Å². The Labute approximate surface area is 614 Å². The molecule has 2 amide bonds. The molecule has 0 spiro atoms. The second-order valence-corrected chi connectivity index (χ2v) is 27.1. The Balaban J connectivity index is 1.27. The summed E-state index contributed by atoms with van der Waals surface area (Å²) < 4.78 is 80.1. The second kappa shape index (κ2) is 39.7. The minimum absolute atomic E-state index is 0.792. The molecule has 7 aliphatic heterocycles. The molecule has 0 aromatic heterocycles. The van der Waals surface area contributed by atoms with E-state index in [1.165, 1.54) is 0 Å². The maximum atomic E-state index is 14.0. The third kappa shape index (κ3) is 20.7. The molecule has 7 fully saturated rings. The van der Waals surface area contributed by atoms with Crippen molar-refractivity contribution in [3.05, 3.63) is 0 Å². The first-order valence-electron chi connectivity index (χ1n) is 33.9. The number of hydrogen-bond donors (Lipinski definition) is 32. The van der Waals surface area contributed by atoms with Crippen LogP contribution in [0.3, 0.4) is 0 Å². The zero-order chi connectivity index (χ0) is 81.5. The van der Waals surface area contributed by atoms with Crippen molar-refractivity contribution in [3.63, 3.8) is 0 Å². The van der Waals surface area contributed by atoms with Gasteiger partial charge in [-0.3, -0.25) is 9.59 Å². The number of carboxylic acids is 2. The fourth-order valence-corrected chi connectivity index (χ4v) is 13.2. The third-order valence-corrected chi connectivity index (χ3v) is 19.3. The monoisotopic (exact) mass is 1600 g/mol. The number of carboxylic acid groups (broad SMARTS) is 2. The van der Waals surface area contributed by atoms with Crippen molar-refractivity contribution in [1.29, 1.82) is 0 Å². The first-order valence-corrected chi connectivity index (χ1v) is 33.9. The number of carbonyl (C=O) groups is 4. The molecule has 0 aliphatic carbocycles. The van der Waals surface area contributed by atoms with Gasteiger partial charge in [-0.25, -0.2) is 9.59 Å². The Morgan fingerprint density at radius 1 is 0.422 bits per heavy atom. The zero-order valence-electron chi connectivity index (χ0n) is 57.6. The molecule has 42 atom stereocenters. The van der Waals surface area contributed by atoms with Crippen molar-refractivity contribution in [2.24, 2.45) is 0 Å². The van der Waals surface area contributed by atoms with Gasteiger partial charge in [-0.05, 0) is 0 Å². The topological polar surface area (TPSA) is 828 Å². The molecule has 7 aliphatic rings. The normalized spacial score (nSPS) is 44.2. The molecular weight excluding hydrogens is 1500 g/mol. The summed E-state index contributed by atoms with van der Waals surface area (Å²) in [5, 5.41) is 332. The fraction of sp³-hybridized carbons (Fsp3) is 0.932. The van der Waals surface area contributed by atoms with Crippen LogP contribution in [0.25, 0.3) is 0 Å². The highest BCUT2D eigenvalue weighted by Gasteiger charge is 2.65. The summed E-state index contributed by atoms with van der Waals surface area (Å²) in [4.78, 5) is 51.7. The van der Waals surface area contributed by atoms with Gasteiger partial charge in [-0.15, -0.1) is 0 Å². The van der Waals surface area contributed by atoms with E-state index >= 15 is 0 Å². The Morgan fingerprint density at radius 2 is 0.872 bits per heavy atom. The van der Waals surface area contributed by atoms with Crippen LogP contribution >= 0.6 is 0 Å². The van der Waals surface area contributed by atoms with Crippen LogP contribution in [0, 0.1) is 0 Å². The molecule has 0 aromatic carbocycles. The highest BCUT2D eigenvalue weighted by Crippen LogP contribution is 2.44. The molecule has 0 saturated carbocycles. The number of rotatable bonds is 35. The summed E-state index contributed by atoms with van der Waals surface area (Å²) in [6, 6.07) is -3.43. The van der Waals surface area contributed by atoms with E-state index in [1.807, 2.05) is 0 Å². The Morgan fingerprint density at radius 3 is 1.39 bits per heavy atom. The second-order valence-electron chi connectivity index (χ2n) is 27.1. The van der Waals surface area contributed by atoms with Crippen molar-refractivity contribution >= 4 is 23.8 Å². The summed E-state index contributed by atoms with van der Waals surface area (Å²) >= 11 is 0. The van der Waals surface area contributed by atoms with Crippen molar-refractivity contribution in [2.75, 3.05) is 59.5 Å². The molecule has 7 heterocycles. The van der Waals surface area contributed by atoms with Crippen molar-refractivity contribution < 1.29 is 239 Å². The molecule has 32 N–H and O–H groups in total. The van der Waals surface area contributed by atoms with Gasteiger partial charge in [0.25, 0.3) is 11.6 Å². The van der Waals surface area contributed by atoms with Gasteiger partial charge in [-0.2, -0.15) is 0 Å². The molecule has 0 radical (unpaired) electrons. The predicted octanol–water partition coefficient (Wildman–Crippen LogP) is -20.8. The largest absolute Gasteiger partial charge is 0.477 e. The van der Waals surface area contributed by atoms with Crippen LogP contribution in [0.2, 0.25) is 0 Å². The van der Waals surface area contributed by atoms with Gasteiger partial charge >= 0.3 is 11.9 Å². The lowest BCUT2D eigenvalue weighted by Gasteiger charge is -2.52. The van der Waals surface area contributed by atoms with Crippen LogP contribution < -0.4 is 10.6 Å². The molecule has 0 aromatic rings. The molecule has 634 valence electrons. The lowest BCUT2D eigenvalue weighted by atomic mass is 9.89. The van der Waals surface area contributed by atoms with Gasteiger partial charge in [-0.1, -0.05) is 0 Å². The lowest BCUT2D eigenvalue weighted by Crippen LogP contribution is -2.71. The SMILES string of the molecule is CC(=O)N[C@H]1[C@H](OC[C@@H](O)[C@@H](O)[C@H](O)[C@H](CO)NC(C)=O)O[C@H](CO[C@]2(C(=O)O)C[C@@H](O[C@]3(C(=O)O)C[C@@H](O)[C@@H](O)[C@@H]([C@H](O)CO)O3)[C@@H](O[C@H]3O[C@H]([C@@H](O)CO)[C@@H](O)[C@H](O[C@H]4O[C@H]([C@@H](O)CO[C@H]5O[C@H]([C@@H](O)CO)[C@@H](O)[C@H](O)[C@@H]5O)[C@@H](O)[C@H](O[C@H]5O[C@H](CO)[C@@H](O)[C@H](O)[C@H]5O)[C@@H]4O)[C@@H]3O)[C@@H]([C@H](O)CO)O2)[C@@H](O)[C@@H]1O. The molecule has 0 bridgehead atoms. The van der Waals surface area contributed by atoms with E-state index in [0.29, 0.717) is 0 Å². The van der Waals surface area contributed by atoms with Gasteiger partial charge in [0.15, 0.2) is 31.5 Å². The molecule has 7 saturated heterocycles. The minimum atomic E-state index is -3.60. The van der Waals surface area contributed by atoms with Crippen LogP contribution in [0.15, 0.2) is 0 Å². The number of aliphatic hydroxyl groups excluding tert-OH is 28. The zero-order valence-corrected chi connectivity index (χ0v) is 57.6. The molecule has 50 nitrogen and oxygen atoms in total. The maximum Gasteiger partial charge on any atom is 0.364 e. The first kappa shape index (κ1) is 92.4. The van der Waals surface area contributed by atoms with Gasteiger partial charge in [0.05, 0.1) is 77.7 Å². The van der Waals surface area contributed by atoms with Crippen LogP contribution in [0.5, 0.6) is 0 Å². The summed E-state index contributed by atoms with van der Waals surface area (Å²) in [6.45, 7) is -9.41. The van der Waals surface area contributed by atoms with E-state index in [9.17, 15) is 172 Å². The first-order chi connectivity index (χ1) is 51.1. The van der Waals surface area contributed by atoms with Crippen LogP contribution in [0.1, 0.15) is 26.7 Å². The lowest BCUT2D eigenvalue weighted by molar-refractivity contribution is -0.409. The average molecular weight is 1610 g/mol. The van der Waals surface area contributed by atoms with Crippen LogP contribution in [-0.2, 0) is 85.5 Å². The number of aliphatic hydroxyl groups is 28. The number of nitrogens with one attached hydrogen (secondary N) is 2. The Bertz CT molecular complexity index is 2850.